The van der Waals surface area contributed by atoms with Crippen molar-refractivity contribution in [3.05, 3.63) is 0 Å². The van der Waals surface area contributed by atoms with Crippen molar-refractivity contribution in [1.82, 2.24) is 5.32 Å². The summed E-state index contributed by atoms with van der Waals surface area (Å²) in [5.74, 6) is -0.896. The summed E-state index contributed by atoms with van der Waals surface area (Å²) in [6, 6.07) is 0.111. The third kappa shape index (κ3) is 4.73. The fourth-order valence-electron chi connectivity index (χ4n) is 2.18. The van der Waals surface area contributed by atoms with Crippen molar-refractivity contribution in [3.8, 4) is 0 Å². The van der Waals surface area contributed by atoms with Crippen molar-refractivity contribution < 1.29 is 14.7 Å². The molecular formula is C12H22N2O3. The third-order valence-corrected chi connectivity index (χ3v) is 3.27. The van der Waals surface area contributed by atoms with E-state index in [4.69, 9.17) is 10.8 Å². The van der Waals surface area contributed by atoms with E-state index in [2.05, 4.69) is 5.32 Å². The molecule has 1 amide bonds. The van der Waals surface area contributed by atoms with Gasteiger partial charge < -0.3 is 16.2 Å². The maximum Gasteiger partial charge on any atom is 0.305 e. The Balaban J connectivity index is 2.30. The summed E-state index contributed by atoms with van der Waals surface area (Å²) in [4.78, 5) is 22.4. The molecule has 0 aromatic rings. The summed E-state index contributed by atoms with van der Waals surface area (Å²) in [5.41, 5.74) is 5.12. The Morgan fingerprint density at radius 3 is 2.53 bits per heavy atom. The van der Waals surface area contributed by atoms with E-state index in [0.717, 1.165) is 32.1 Å². The van der Waals surface area contributed by atoms with E-state index in [1.54, 1.807) is 0 Å². The molecule has 0 spiro atoms. The lowest BCUT2D eigenvalue weighted by Gasteiger charge is -2.41. The number of hydrogen-bond donors (Lipinski definition) is 3. The smallest absolute Gasteiger partial charge is 0.305 e. The fraction of sp³-hybridized carbons (Fsp3) is 0.833. The van der Waals surface area contributed by atoms with Gasteiger partial charge in [-0.15, -0.1) is 0 Å². The highest BCUT2D eigenvalue weighted by atomic mass is 16.4. The van der Waals surface area contributed by atoms with Gasteiger partial charge in [0.1, 0.15) is 0 Å². The molecular weight excluding hydrogens is 220 g/mol. The number of carboxylic acids is 1. The number of carbonyl (C=O) groups is 2. The van der Waals surface area contributed by atoms with E-state index < -0.39 is 11.5 Å². The SMILES string of the molecule is CC(N)CCCC(=O)NC1(CC(=O)O)CCC1. The van der Waals surface area contributed by atoms with Gasteiger partial charge in [0.2, 0.25) is 5.91 Å². The number of hydrogen-bond acceptors (Lipinski definition) is 3. The van der Waals surface area contributed by atoms with E-state index in [1.807, 2.05) is 6.92 Å². The van der Waals surface area contributed by atoms with Gasteiger partial charge in [-0.05, 0) is 39.0 Å². The Bertz CT molecular complexity index is 285. The van der Waals surface area contributed by atoms with Gasteiger partial charge in [-0.2, -0.15) is 0 Å². The van der Waals surface area contributed by atoms with E-state index in [9.17, 15) is 9.59 Å². The topological polar surface area (TPSA) is 92.4 Å². The van der Waals surface area contributed by atoms with Crippen LogP contribution in [0.2, 0.25) is 0 Å². The van der Waals surface area contributed by atoms with Crippen molar-refractivity contribution in [2.24, 2.45) is 5.73 Å². The summed E-state index contributed by atoms with van der Waals surface area (Å²) in [6.07, 6.45) is 4.59. The molecule has 0 saturated heterocycles. The van der Waals surface area contributed by atoms with E-state index >= 15 is 0 Å². The molecule has 1 unspecified atom stereocenters. The van der Waals surface area contributed by atoms with Crippen LogP contribution in [0.3, 0.4) is 0 Å². The second-order valence-electron chi connectivity index (χ2n) is 5.12. The van der Waals surface area contributed by atoms with Gasteiger partial charge in [0.15, 0.2) is 0 Å². The van der Waals surface area contributed by atoms with Gasteiger partial charge >= 0.3 is 5.97 Å². The molecule has 98 valence electrons. The molecule has 0 aromatic carbocycles. The van der Waals surface area contributed by atoms with Crippen LogP contribution in [0.4, 0.5) is 0 Å². The number of amides is 1. The lowest BCUT2D eigenvalue weighted by atomic mass is 9.74. The number of aliphatic carboxylic acids is 1. The first-order valence-electron chi connectivity index (χ1n) is 6.22. The molecule has 0 bridgehead atoms. The van der Waals surface area contributed by atoms with Crippen molar-refractivity contribution >= 4 is 11.9 Å². The van der Waals surface area contributed by atoms with Gasteiger partial charge in [0, 0.05) is 12.5 Å². The van der Waals surface area contributed by atoms with E-state index in [-0.39, 0.29) is 18.4 Å². The van der Waals surface area contributed by atoms with Gasteiger partial charge in [-0.25, -0.2) is 0 Å². The molecule has 1 saturated carbocycles. The van der Waals surface area contributed by atoms with Crippen molar-refractivity contribution in [1.29, 1.82) is 0 Å². The Morgan fingerprint density at radius 2 is 2.12 bits per heavy atom. The van der Waals surface area contributed by atoms with Gasteiger partial charge in [0.25, 0.3) is 0 Å². The van der Waals surface area contributed by atoms with Crippen LogP contribution in [0, 0.1) is 0 Å². The molecule has 0 aromatic heterocycles. The van der Waals surface area contributed by atoms with Gasteiger partial charge in [-0.1, -0.05) is 0 Å². The lowest BCUT2D eigenvalue weighted by molar-refractivity contribution is -0.140. The second kappa shape index (κ2) is 6.00. The molecule has 0 aliphatic heterocycles. The first-order valence-corrected chi connectivity index (χ1v) is 6.22. The van der Waals surface area contributed by atoms with Crippen LogP contribution in [0.5, 0.6) is 0 Å². The fourth-order valence-corrected chi connectivity index (χ4v) is 2.18. The zero-order chi connectivity index (χ0) is 12.9. The van der Waals surface area contributed by atoms with Gasteiger partial charge in [-0.3, -0.25) is 9.59 Å². The highest BCUT2D eigenvalue weighted by molar-refractivity contribution is 5.78. The zero-order valence-electron chi connectivity index (χ0n) is 10.4. The number of rotatable bonds is 7. The first kappa shape index (κ1) is 14.0. The molecule has 1 aliphatic rings. The summed E-state index contributed by atoms with van der Waals surface area (Å²) < 4.78 is 0. The molecule has 4 N–H and O–H groups in total. The van der Waals surface area contributed by atoms with Crippen LogP contribution < -0.4 is 11.1 Å². The highest BCUT2D eigenvalue weighted by Gasteiger charge is 2.40. The Hall–Kier alpha value is -1.10. The number of nitrogens with one attached hydrogen (secondary N) is 1. The first-order chi connectivity index (χ1) is 7.93. The Labute approximate surface area is 102 Å². The predicted octanol–water partition coefficient (Wildman–Crippen LogP) is 1.02. The van der Waals surface area contributed by atoms with Crippen molar-refractivity contribution in [3.63, 3.8) is 0 Å². The van der Waals surface area contributed by atoms with E-state index in [1.165, 1.54) is 0 Å². The maximum atomic E-state index is 11.7. The van der Waals surface area contributed by atoms with Crippen LogP contribution in [-0.2, 0) is 9.59 Å². The number of carbonyl (C=O) groups excluding carboxylic acids is 1. The van der Waals surface area contributed by atoms with Crippen molar-refractivity contribution in [2.75, 3.05) is 0 Å². The summed E-state index contributed by atoms with van der Waals surface area (Å²) in [6.45, 7) is 1.91. The molecule has 5 nitrogen and oxygen atoms in total. The average Bonchev–Trinajstić information content (AvgIpc) is 2.12. The molecule has 17 heavy (non-hydrogen) atoms. The average molecular weight is 242 g/mol. The molecule has 1 aliphatic carbocycles. The Kier molecular flexibility index (Phi) is 4.93. The second-order valence-corrected chi connectivity index (χ2v) is 5.12. The largest absolute Gasteiger partial charge is 0.481 e. The minimum atomic E-state index is -0.847. The summed E-state index contributed by atoms with van der Waals surface area (Å²) in [7, 11) is 0. The Morgan fingerprint density at radius 1 is 1.47 bits per heavy atom. The summed E-state index contributed by atoms with van der Waals surface area (Å²) >= 11 is 0. The minimum Gasteiger partial charge on any atom is -0.481 e. The van der Waals surface area contributed by atoms with Crippen LogP contribution in [0.25, 0.3) is 0 Å². The van der Waals surface area contributed by atoms with Crippen LogP contribution >= 0.6 is 0 Å². The predicted molar refractivity (Wildman–Crippen MR) is 64.5 cm³/mol. The standard InChI is InChI=1S/C12H22N2O3/c1-9(13)4-2-5-10(15)14-12(6-3-7-12)8-11(16)17/h9H,2-8,13H2,1H3,(H,14,15)(H,16,17). The molecule has 0 radical (unpaired) electrons. The molecule has 0 heterocycles. The van der Waals surface area contributed by atoms with Gasteiger partial charge in [0.05, 0.1) is 12.0 Å². The maximum absolute atomic E-state index is 11.7. The molecule has 5 heteroatoms. The monoisotopic (exact) mass is 242 g/mol. The number of nitrogens with two attached hydrogens (primary N) is 1. The van der Waals surface area contributed by atoms with Crippen molar-refractivity contribution in [2.45, 2.75) is 63.5 Å². The zero-order valence-corrected chi connectivity index (χ0v) is 10.4. The molecule has 1 fully saturated rings. The van der Waals surface area contributed by atoms with Crippen LogP contribution in [-0.4, -0.2) is 28.6 Å². The van der Waals surface area contributed by atoms with E-state index in [0.29, 0.717) is 6.42 Å². The minimum absolute atomic E-state index is 0.0338. The quantitative estimate of drug-likeness (QED) is 0.621. The molecule has 1 rings (SSSR count). The molecule has 1 atom stereocenters. The summed E-state index contributed by atoms with van der Waals surface area (Å²) in [5, 5.41) is 11.7. The number of carboxylic acid groups (broad SMARTS) is 1. The van der Waals surface area contributed by atoms with Crippen LogP contribution in [0.1, 0.15) is 51.9 Å². The third-order valence-electron chi connectivity index (χ3n) is 3.27. The van der Waals surface area contributed by atoms with Crippen LogP contribution in [0.15, 0.2) is 0 Å². The lowest BCUT2D eigenvalue weighted by Crippen LogP contribution is -2.54. The highest BCUT2D eigenvalue weighted by Crippen LogP contribution is 2.35. The normalized spacial score (nSPS) is 19.2.